The Hall–Kier alpha value is -1.35. The summed E-state index contributed by atoms with van der Waals surface area (Å²) in [5.41, 5.74) is 6.63. The monoisotopic (exact) mass is 246 g/mol. The molecule has 98 valence electrons. The van der Waals surface area contributed by atoms with Crippen LogP contribution in [0.2, 0.25) is 0 Å². The molecule has 1 aliphatic heterocycles. The Kier molecular flexibility index (Phi) is 4.02. The number of amides is 1. The van der Waals surface area contributed by atoms with Gasteiger partial charge in [0.2, 0.25) is 5.91 Å². The van der Waals surface area contributed by atoms with Gasteiger partial charge in [0.25, 0.3) is 0 Å². The molecule has 1 amide bonds. The second-order valence-corrected chi connectivity index (χ2v) is 5.26. The summed E-state index contributed by atoms with van der Waals surface area (Å²) in [6, 6.07) is 10.5. The van der Waals surface area contributed by atoms with E-state index in [0.29, 0.717) is 0 Å². The molecule has 3 nitrogen and oxygen atoms in total. The molecule has 0 atom stereocenters. The molecule has 0 aliphatic carbocycles. The molecule has 2 N–H and O–H groups in total. The summed E-state index contributed by atoms with van der Waals surface area (Å²) in [4.78, 5) is 14.0. The van der Waals surface area contributed by atoms with Crippen LogP contribution in [0.25, 0.3) is 0 Å². The van der Waals surface area contributed by atoms with Crippen molar-refractivity contribution in [3.05, 3.63) is 35.9 Å². The van der Waals surface area contributed by atoms with Crippen molar-refractivity contribution in [1.82, 2.24) is 4.90 Å². The van der Waals surface area contributed by atoms with Crippen molar-refractivity contribution >= 4 is 5.91 Å². The fourth-order valence-electron chi connectivity index (χ4n) is 2.75. The minimum Gasteiger partial charge on any atom is -0.369 e. The number of hydrogen-bond acceptors (Lipinski definition) is 2. The van der Waals surface area contributed by atoms with Crippen LogP contribution < -0.4 is 5.73 Å². The highest BCUT2D eigenvalue weighted by molar-refractivity contribution is 5.80. The Morgan fingerprint density at radius 1 is 1.28 bits per heavy atom. The van der Waals surface area contributed by atoms with Crippen molar-refractivity contribution < 1.29 is 4.79 Å². The zero-order valence-electron chi connectivity index (χ0n) is 11.1. The van der Waals surface area contributed by atoms with Crippen LogP contribution in [0.3, 0.4) is 0 Å². The fourth-order valence-corrected chi connectivity index (χ4v) is 2.75. The third-order valence-corrected chi connectivity index (χ3v) is 4.26. The molecule has 0 saturated carbocycles. The molecule has 1 fully saturated rings. The van der Waals surface area contributed by atoms with Crippen LogP contribution in [0.15, 0.2) is 30.3 Å². The van der Waals surface area contributed by atoms with Gasteiger partial charge >= 0.3 is 0 Å². The van der Waals surface area contributed by atoms with E-state index >= 15 is 0 Å². The fraction of sp³-hybridized carbons (Fsp3) is 0.533. The first-order valence-electron chi connectivity index (χ1n) is 6.72. The average Bonchev–Trinajstić information content (AvgIpc) is 2.41. The van der Waals surface area contributed by atoms with E-state index in [1.807, 2.05) is 6.07 Å². The lowest BCUT2D eigenvalue weighted by Gasteiger charge is -2.39. The summed E-state index contributed by atoms with van der Waals surface area (Å²) in [7, 11) is 0. The van der Waals surface area contributed by atoms with E-state index in [0.717, 1.165) is 38.9 Å². The number of primary amides is 1. The number of hydrogen-bond donors (Lipinski definition) is 1. The van der Waals surface area contributed by atoms with Gasteiger partial charge in [0.15, 0.2) is 0 Å². The maximum absolute atomic E-state index is 11.6. The van der Waals surface area contributed by atoms with Crippen molar-refractivity contribution in [3.8, 4) is 0 Å². The summed E-state index contributed by atoms with van der Waals surface area (Å²) in [5.74, 6) is -0.121. The normalized spacial score (nSPS) is 19.6. The number of carbonyl (C=O) groups excluding carboxylic acids is 1. The van der Waals surface area contributed by atoms with Crippen LogP contribution in [0, 0.1) is 5.41 Å². The van der Waals surface area contributed by atoms with E-state index in [1.165, 1.54) is 5.56 Å². The van der Waals surface area contributed by atoms with E-state index in [1.54, 1.807) is 0 Å². The zero-order valence-corrected chi connectivity index (χ0v) is 11.1. The molecule has 0 unspecified atom stereocenters. The topological polar surface area (TPSA) is 46.3 Å². The average molecular weight is 246 g/mol. The molecule has 0 spiro atoms. The zero-order chi connectivity index (χ0) is 13.0. The molecule has 18 heavy (non-hydrogen) atoms. The number of rotatable bonds is 4. The molecule has 0 aromatic heterocycles. The molecule has 1 saturated heterocycles. The first kappa shape index (κ1) is 13.1. The van der Waals surface area contributed by atoms with Crippen LogP contribution in [0.4, 0.5) is 0 Å². The van der Waals surface area contributed by atoms with Gasteiger partial charge < -0.3 is 5.73 Å². The highest BCUT2D eigenvalue weighted by atomic mass is 16.1. The minimum absolute atomic E-state index is 0.121. The van der Waals surface area contributed by atoms with Gasteiger partial charge in [-0.05, 0) is 37.9 Å². The number of nitrogens with two attached hydrogens (primary N) is 1. The second-order valence-electron chi connectivity index (χ2n) is 5.26. The highest BCUT2D eigenvalue weighted by Crippen LogP contribution is 2.34. The van der Waals surface area contributed by atoms with Crippen molar-refractivity contribution in [1.29, 1.82) is 0 Å². The quantitative estimate of drug-likeness (QED) is 0.885. The van der Waals surface area contributed by atoms with Crippen molar-refractivity contribution in [2.75, 3.05) is 13.1 Å². The molecule has 1 aromatic rings. The lowest BCUT2D eigenvalue weighted by Crippen LogP contribution is -2.46. The van der Waals surface area contributed by atoms with Gasteiger partial charge in [0.1, 0.15) is 0 Å². The molecule has 0 bridgehead atoms. The second kappa shape index (κ2) is 5.53. The largest absolute Gasteiger partial charge is 0.369 e. The van der Waals surface area contributed by atoms with Gasteiger partial charge in [-0.1, -0.05) is 37.3 Å². The number of nitrogens with zero attached hydrogens (tertiary/aromatic N) is 1. The van der Waals surface area contributed by atoms with Gasteiger partial charge in [0, 0.05) is 6.54 Å². The lowest BCUT2D eigenvalue weighted by atomic mass is 9.75. The molecule has 0 radical (unpaired) electrons. The van der Waals surface area contributed by atoms with Gasteiger partial charge in [-0.2, -0.15) is 0 Å². The smallest absolute Gasteiger partial charge is 0.223 e. The van der Waals surface area contributed by atoms with E-state index in [4.69, 9.17) is 5.73 Å². The Balaban J connectivity index is 1.93. The standard InChI is InChI=1S/C15H22N2O/c1-2-15(14(16)18)8-10-17(11-9-15)12-13-6-4-3-5-7-13/h3-7H,2,8-12H2,1H3,(H2,16,18). The summed E-state index contributed by atoms with van der Waals surface area (Å²) >= 11 is 0. The molecule has 3 heteroatoms. The van der Waals surface area contributed by atoms with E-state index in [2.05, 4.69) is 36.1 Å². The van der Waals surface area contributed by atoms with E-state index < -0.39 is 0 Å². The Bertz CT molecular complexity index is 394. The minimum atomic E-state index is -0.257. The maximum atomic E-state index is 11.6. The van der Waals surface area contributed by atoms with Gasteiger partial charge in [-0.15, -0.1) is 0 Å². The third kappa shape index (κ3) is 2.72. The van der Waals surface area contributed by atoms with Gasteiger partial charge in [-0.3, -0.25) is 9.69 Å². The van der Waals surface area contributed by atoms with Crippen LogP contribution in [0.5, 0.6) is 0 Å². The Morgan fingerprint density at radius 3 is 2.39 bits per heavy atom. The number of benzene rings is 1. The molecule has 2 rings (SSSR count). The van der Waals surface area contributed by atoms with Gasteiger partial charge in [-0.25, -0.2) is 0 Å². The van der Waals surface area contributed by atoms with Crippen LogP contribution in [-0.2, 0) is 11.3 Å². The molecular formula is C15H22N2O. The molecular weight excluding hydrogens is 224 g/mol. The summed E-state index contributed by atoms with van der Waals surface area (Å²) < 4.78 is 0. The first-order valence-corrected chi connectivity index (χ1v) is 6.72. The molecule has 1 aromatic carbocycles. The lowest BCUT2D eigenvalue weighted by molar-refractivity contribution is -0.130. The third-order valence-electron chi connectivity index (χ3n) is 4.26. The Labute approximate surface area is 109 Å². The summed E-state index contributed by atoms with van der Waals surface area (Å²) in [6.45, 7) is 4.97. The van der Waals surface area contributed by atoms with E-state index in [-0.39, 0.29) is 11.3 Å². The van der Waals surface area contributed by atoms with Gasteiger partial charge in [0.05, 0.1) is 5.41 Å². The van der Waals surface area contributed by atoms with Crippen LogP contribution >= 0.6 is 0 Å². The number of likely N-dealkylation sites (tertiary alicyclic amines) is 1. The van der Waals surface area contributed by atoms with Crippen molar-refractivity contribution in [2.45, 2.75) is 32.7 Å². The van der Waals surface area contributed by atoms with Crippen LogP contribution in [0.1, 0.15) is 31.7 Å². The SMILES string of the molecule is CCC1(C(N)=O)CCN(Cc2ccccc2)CC1. The highest BCUT2D eigenvalue weighted by Gasteiger charge is 2.37. The maximum Gasteiger partial charge on any atom is 0.223 e. The number of piperidine rings is 1. The molecule has 1 aliphatic rings. The number of carbonyl (C=O) groups is 1. The van der Waals surface area contributed by atoms with Crippen molar-refractivity contribution in [2.24, 2.45) is 11.1 Å². The summed E-state index contributed by atoms with van der Waals surface area (Å²) in [6.07, 6.45) is 2.65. The predicted octanol–water partition coefficient (Wildman–Crippen LogP) is 2.16. The summed E-state index contributed by atoms with van der Waals surface area (Å²) in [5, 5.41) is 0. The molecule has 1 heterocycles. The first-order chi connectivity index (χ1) is 8.66. The Morgan fingerprint density at radius 2 is 1.89 bits per heavy atom. The van der Waals surface area contributed by atoms with E-state index in [9.17, 15) is 4.79 Å². The van der Waals surface area contributed by atoms with Crippen molar-refractivity contribution in [3.63, 3.8) is 0 Å². The predicted molar refractivity (Wildman–Crippen MR) is 72.9 cm³/mol. The van der Waals surface area contributed by atoms with Crippen LogP contribution in [-0.4, -0.2) is 23.9 Å².